The molecule has 1 aliphatic heterocycles. The number of sulfone groups is 1. The van der Waals surface area contributed by atoms with Crippen LogP contribution in [0.15, 0.2) is 11.1 Å². The molecule has 0 radical (unpaired) electrons. The van der Waals surface area contributed by atoms with Gasteiger partial charge in [0.25, 0.3) is 16.4 Å². The zero-order valence-electron chi connectivity index (χ0n) is 9.53. The molecule has 1 fully saturated rings. The fourth-order valence-electron chi connectivity index (χ4n) is 1.94. The van der Waals surface area contributed by atoms with Crippen molar-refractivity contribution in [2.75, 3.05) is 11.5 Å². The van der Waals surface area contributed by atoms with Crippen molar-refractivity contribution in [2.24, 2.45) is 5.14 Å². The van der Waals surface area contributed by atoms with E-state index in [0.717, 1.165) is 4.68 Å². The summed E-state index contributed by atoms with van der Waals surface area (Å²) in [7, 11) is -7.55. The molecule has 0 amide bonds. The van der Waals surface area contributed by atoms with E-state index in [4.69, 9.17) is 5.14 Å². The lowest BCUT2D eigenvalue weighted by molar-refractivity contribution is 0.144. The van der Waals surface area contributed by atoms with E-state index < -0.39 is 43.0 Å². The largest absolute Gasteiger partial charge is 0.282 e. The summed E-state index contributed by atoms with van der Waals surface area (Å²) in [6.45, 7) is 0. The number of halogens is 2. The summed E-state index contributed by atoms with van der Waals surface area (Å²) in [5, 5.41) is 7.80. The van der Waals surface area contributed by atoms with Gasteiger partial charge in [-0.25, -0.2) is 35.4 Å². The van der Waals surface area contributed by atoms with Gasteiger partial charge in [-0.1, -0.05) is 0 Å². The third-order valence-electron chi connectivity index (χ3n) is 2.79. The van der Waals surface area contributed by atoms with Crippen LogP contribution in [-0.2, 0) is 19.9 Å². The molecule has 0 aliphatic carbocycles. The first-order valence-electron chi connectivity index (χ1n) is 5.21. The molecule has 1 aromatic heterocycles. The first-order chi connectivity index (χ1) is 8.60. The molecule has 0 saturated carbocycles. The SMILES string of the molecule is NS(=O)(=O)c1cc(C(F)F)nn1C1CCS(=O)(=O)C1. The highest BCUT2D eigenvalue weighted by atomic mass is 32.2. The van der Waals surface area contributed by atoms with Crippen molar-refractivity contribution >= 4 is 19.9 Å². The molecule has 7 nitrogen and oxygen atoms in total. The Morgan fingerprint density at radius 1 is 1.47 bits per heavy atom. The van der Waals surface area contributed by atoms with Gasteiger partial charge in [0.15, 0.2) is 14.9 Å². The third kappa shape index (κ3) is 2.92. The van der Waals surface area contributed by atoms with Gasteiger partial charge in [-0.2, -0.15) is 5.10 Å². The summed E-state index contributed by atoms with van der Waals surface area (Å²) in [6.07, 6.45) is -2.84. The van der Waals surface area contributed by atoms with Crippen LogP contribution in [0.5, 0.6) is 0 Å². The third-order valence-corrected chi connectivity index (χ3v) is 5.43. The van der Waals surface area contributed by atoms with Crippen molar-refractivity contribution in [1.82, 2.24) is 9.78 Å². The Balaban J connectivity index is 2.50. The topological polar surface area (TPSA) is 112 Å². The Morgan fingerprint density at radius 3 is 2.53 bits per heavy atom. The van der Waals surface area contributed by atoms with Crippen molar-refractivity contribution in [1.29, 1.82) is 0 Å². The number of primary sulfonamides is 1. The van der Waals surface area contributed by atoms with E-state index >= 15 is 0 Å². The number of aromatic nitrogens is 2. The lowest BCUT2D eigenvalue weighted by atomic mass is 10.3. The van der Waals surface area contributed by atoms with Crippen molar-refractivity contribution in [2.45, 2.75) is 23.9 Å². The van der Waals surface area contributed by atoms with Gasteiger partial charge >= 0.3 is 0 Å². The molecule has 2 heterocycles. The Labute approximate surface area is 108 Å². The van der Waals surface area contributed by atoms with Crippen LogP contribution in [0, 0.1) is 0 Å². The zero-order chi connectivity index (χ0) is 14.4. The molecule has 11 heteroatoms. The summed E-state index contributed by atoms with van der Waals surface area (Å²) in [5.41, 5.74) is -0.742. The minimum atomic E-state index is -4.25. The van der Waals surface area contributed by atoms with Crippen LogP contribution in [0.2, 0.25) is 0 Å². The van der Waals surface area contributed by atoms with Crippen molar-refractivity contribution in [3.05, 3.63) is 11.8 Å². The standard InChI is InChI=1S/C8H11F2N3O4S2/c9-8(10)6-3-7(19(11,16)17)13(12-6)5-1-2-18(14,15)4-5/h3,5,8H,1-2,4H2,(H2,11,16,17). The normalized spacial score (nSPS) is 23.1. The van der Waals surface area contributed by atoms with E-state index in [1.165, 1.54) is 0 Å². The Hall–Kier alpha value is -1.07. The quantitative estimate of drug-likeness (QED) is 0.832. The van der Waals surface area contributed by atoms with Crippen molar-refractivity contribution < 1.29 is 25.6 Å². The zero-order valence-corrected chi connectivity index (χ0v) is 11.2. The summed E-state index contributed by atoms with van der Waals surface area (Å²) < 4.78 is 71.2. The predicted octanol–water partition coefficient (Wildman–Crippen LogP) is -0.172. The van der Waals surface area contributed by atoms with Gasteiger partial charge in [0.2, 0.25) is 0 Å². The molecule has 2 rings (SSSR count). The molecule has 19 heavy (non-hydrogen) atoms. The minimum Gasteiger partial charge on any atom is -0.248 e. The lowest BCUT2D eigenvalue weighted by Gasteiger charge is -2.11. The molecule has 1 atom stereocenters. The van der Waals surface area contributed by atoms with Crippen molar-refractivity contribution in [3.63, 3.8) is 0 Å². The molecule has 1 aliphatic rings. The van der Waals surface area contributed by atoms with Crippen molar-refractivity contribution in [3.8, 4) is 0 Å². The number of rotatable bonds is 3. The smallest absolute Gasteiger partial charge is 0.248 e. The molecule has 108 valence electrons. The van der Waals surface area contributed by atoms with Gasteiger partial charge < -0.3 is 0 Å². The highest BCUT2D eigenvalue weighted by Crippen LogP contribution is 2.28. The second kappa shape index (κ2) is 4.49. The van der Waals surface area contributed by atoms with Crippen LogP contribution in [0.1, 0.15) is 24.6 Å². The Bertz CT molecular complexity index is 696. The molecular weight excluding hydrogens is 304 g/mol. The summed E-state index contributed by atoms with van der Waals surface area (Å²) >= 11 is 0. The van der Waals surface area contributed by atoms with E-state index in [2.05, 4.69) is 5.10 Å². The summed E-state index contributed by atoms with van der Waals surface area (Å²) in [4.78, 5) is 0. The van der Waals surface area contributed by atoms with Gasteiger partial charge in [-0.05, 0) is 6.42 Å². The number of hydrogen-bond acceptors (Lipinski definition) is 5. The predicted molar refractivity (Wildman–Crippen MR) is 60.9 cm³/mol. The average Bonchev–Trinajstić information content (AvgIpc) is 2.79. The molecular formula is C8H11F2N3O4S2. The van der Waals surface area contributed by atoms with Gasteiger partial charge in [-0.15, -0.1) is 0 Å². The molecule has 2 N–H and O–H groups in total. The minimum absolute atomic E-state index is 0.120. The van der Waals surface area contributed by atoms with Gasteiger partial charge in [0, 0.05) is 6.07 Å². The fraction of sp³-hybridized carbons (Fsp3) is 0.625. The number of nitrogens with zero attached hydrogens (tertiary/aromatic N) is 2. The number of alkyl halides is 2. The maximum atomic E-state index is 12.6. The van der Waals surface area contributed by atoms with E-state index in [1.54, 1.807) is 0 Å². The van der Waals surface area contributed by atoms with E-state index in [-0.39, 0.29) is 17.9 Å². The number of hydrogen-bond donors (Lipinski definition) is 1. The Morgan fingerprint density at radius 2 is 2.11 bits per heavy atom. The van der Waals surface area contributed by atoms with Crippen LogP contribution in [0.4, 0.5) is 8.78 Å². The van der Waals surface area contributed by atoms with Crippen LogP contribution >= 0.6 is 0 Å². The van der Waals surface area contributed by atoms with Crippen LogP contribution in [0.3, 0.4) is 0 Å². The number of sulfonamides is 1. The molecule has 0 aromatic carbocycles. The fourth-order valence-corrected chi connectivity index (χ4v) is 4.37. The van der Waals surface area contributed by atoms with Gasteiger partial charge in [-0.3, -0.25) is 0 Å². The first-order valence-corrected chi connectivity index (χ1v) is 8.58. The molecule has 1 aromatic rings. The summed E-state index contributed by atoms with van der Waals surface area (Å²) in [5.74, 6) is -0.467. The molecule has 1 unspecified atom stereocenters. The maximum Gasteiger partial charge on any atom is 0.282 e. The highest BCUT2D eigenvalue weighted by Gasteiger charge is 2.34. The van der Waals surface area contributed by atoms with E-state index in [0.29, 0.717) is 6.07 Å². The van der Waals surface area contributed by atoms with E-state index in [1.807, 2.05) is 0 Å². The Kier molecular flexibility index (Phi) is 3.39. The highest BCUT2D eigenvalue weighted by molar-refractivity contribution is 7.91. The van der Waals surface area contributed by atoms with Crippen LogP contribution < -0.4 is 5.14 Å². The molecule has 0 spiro atoms. The van der Waals surface area contributed by atoms with Gasteiger partial charge in [0.05, 0.1) is 17.5 Å². The monoisotopic (exact) mass is 315 g/mol. The molecule has 0 bridgehead atoms. The van der Waals surface area contributed by atoms with Crippen LogP contribution in [0.25, 0.3) is 0 Å². The second-order valence-electron chi connectivity index (χ2n) is 4.25. The van der Waals surface area contributed by atoms with E-state index in [9.17, 15) is 25.6 Å². The summed E-state index contributed by atoms with van der Waals surface area (Å²) in [6, 6.07) is -0.115. The lowest BCUT2D eigenvalue weighted by Crippen LogP contribution is -2.22. The first kappa shape index (κ1) is 14.3. The molecule has 1 saturated heterocycles. The maximum absolute atomic E-state index is 12.6. The van der Waals surface area contributed by atoms with Crippen LogP contribution in [-0.4, -0.2) is 38.1 Å². The van der Waals surface area contributed by atoms with Gasteiger partial charge in [0.1, 0.15) is 5.69 Å². The second-order valence-corrected chi connectivity index (χ2v) is 7.99. The number of nitrogens with two attached hydrogens (primary N) is 1. The average molecular weight is 315 g/mol.